The van der Waals surface area contributed by atoms with Crippen LogP contribution in [0.4, 0.5) is 0 Å². The maximum Gasteiger partial charge on any atom is 0.230 e. The van der Waals surface area contributed by atoms with E-state index < -0.39 is 0 Å². The summed E-state index contributed by atoms with van der Waals surface area (Å²) in [5, 5.41) is 3.12. The van der Waals surface area contributed by atoms with E-state index in [1.165, 1.54) is 5.56 Å². The Morgan fingerprint density at radius 2 is 2.06 bits per heavy atom. The van der Waals surface area contributed by atoms with Gasteiger partial charge in [-0.3, -0.25) is 4.79 Å². The van der Waals surface area contributed by atoms with Crippen molar-refractivity contribution < 1.29 is 4.79 Å². The van der Waals surface area contributed by atoms with Gasteiger partial charge >= 0.3 is 0 Å². The molecule has 4 heteroatoms. The molecular weight excluding hydrogens is 242 g/mol. The smallest absolute Gasteiger partial charge is 0.230 e. The third-order valence-electron chi connectivity index (χ3n) is 1.82. The molecule has 0 aromatic heterocycles. The third-order valence-corrected chi connectivity index (χ3v) is 2.96. The van der Waals surface area contributed by atoms with Gasteiger partial charge in [0.2, 0.25) is 5.91 Å². The first-order valence-corrected chi connectivity index (χ1v) is 6.43. The minimum absolute atomic E-state index is 0.0114. The molecule has 0 fully saturated rings. The Balaban J connectivity index is 2.16. The number of hydrogen-bond donors (Lipinski definition) is 1. The highest BCUT2D eigenvalue weighted by molar-refractivity contribution is 7.99. The van der Waals surface area contributed by atoms with E-state index in [0.29, 0.717) is 17.3 Å². The van der Waals surface area contributed by atoms with Crippen molar-refractivity contribution in [2.45, 2.75) is 5.75 Å². The summed E-state index contributed by atoms with van der Waals surface area (Å²) in [6.45, 7) is 3.84. The average Bonchev–Trinajstić information content (AvgIpc) is 2.28. The van der Waals surface area contributed by atoms with E-state index in [0.717, 1.165) is 5.75 Å². The van der Waals surface area contributed by atoms with Crippen LogP contribution in [0.3, 0.4) is 0 Å². The van der Waals surface area contributed by atoms with Crippen LogP contribution in [0.2, 0.25) is 0 Å². The lowest BCUT2D eigenvalue weighted by molar-refractivity contribution is -0.118. The molecule has 0 aliphatic rings. The number of halogens is 1. The summed E-state index contributed by atoms with van der Waals surface area (Å²) >= 11 is 7.12. The van der Waals surface area contributed by atoms with Crippen LogP contribution in [0.1, 0.15) is 5.56 Å². The van der Waals surface area contributed by atoms with E-state index in [1.54, 1.807) is 11.8 Å². The maximum atomic E-state index is 11.3. The van der Waals surface area contributed by atoms with Gasteiger partial charge < -0.3 is 5.32 Å². The summed E-state index contributed by atoms with van der Waals surface area (Å²) in [6, 6.07) is 10.1. The Morgan fingerprint density at radius 3 is 2.69 bits per heavy atom. The fraction of sp³-hybridized carbons (Fsp3) is 0.250. The summed E-state index contributed by atoms with van der Waals surface area (Å²) in [5.41, 5.74) is 1.22. The van der Waals surface area contributed by atoms with Gasteiger partial charge in [-0.1, -0.05) is 48.5 Å². The second-order valence-electron chi connectivity index (χ2n) is 3.27. The summed E-state index contributed by atoms with van der Waals surface area (Å²) < 4.78 is 0. The number of carbonyl (C=O) groups is 1. The van der Waals surface area contributed by atoms with Crippen molar-refractivity contribution in [3.05, 3.63) is 47.5 Å². The normalized spacial score (nSPS) is 9.81. The number of hydrogen-bond acceptors (Lipinski definition) is 2. The van der Waals surface area contributed by atoms with Crippen molar-refractivity contribution >= 4 is 29.3 Å². The largest absolute Gasteiger partial charge is 0.350 e. The molecule has 16 heavy (non-hydrogen) atoms. The number of amides is 1. The van der Waals surface area contributed by atoms with Crippen LogP contribution < -0.4 is 5.32 Å². The van der Waals surface area contributed by atoms with Gasteiger partial charge in [0.25, 0.3) is 0 Å². The van der Waals surface area contributed by atoms with Crippen LogP contribution in [-0.4, -0.2) is 18.2 Å². The quantitative estimate of drug-likeness (QED) is 0.847. The predicted octanol–water partition coefficient (Wildman–Crippen LogP) is 2.79. The number of rotatable bonds is 6. The lowest BCUT2D eigenvalue weighted by Crippen LogP contribution is -2.26. The average molecular weight is 256 g/mol. The zero-order chi connectivity index (χ0) is 11.8. The monoisotopic (exact) mass is 255 g/mol. The molecule has 1 amide bonds. The minimum atomic E-state index is -0.0114. The van der Waals surface area contributed by atoms with Crippen molar-refractivity contribution in [1.82, 2.24) is 5.32 Å². The van der Waals surface area contributed by atoms with Crippen LogP contribution in [0, 0.1) is 0 Å². The molecule has 0 radical (unpaired) electrons. The molecular formula is C12H14ClNOS. The highest BCUT2D eigenvalue weighted by Gasteiger charge is 2.01. The van der Waals surface area contributed by atoms with E-state index in [4.69, 9.17) is 11.6 Å². The van der Waals surface area contributed by atoms with Crippen LogP contribution in [0.15, 0.2) is 41.9 Å². The number of thioether (sulfide) groups is 1. The third kappa shape index (κ3) is 5.83. The van der Waals surface area contributed by atoms with Crippen LogP contribution in [0.5, 0.6) is 0 Å². The topological polar surface area (TPSA) is 29.1 Å². The molecule has 2 nitrogen and oxygen atoms in total. The van der Waals surface area contributed by atoms with Crippen molar-refractivity contribution in [1.29, 1.82) is 0 Å². The van der Waals surface area contributed by atoms with Crippen molar-refractivity contribution in [2.75, 3.05) is 12.3 Å². The molecule has 1 N–H and O–H groups in total. The molecule has 86 valence electrons. The molecule has 0 saturated carbocycles. The molecule has 0 unspecified atom stereocenters. The standard InChI is InChI=1S/C12H14ClNOS/c1-10(13)7-14-12(15)9-16-8-11-5-3-2-4-6-11/h2-6H,1,7-9H2,(H,14,15). The Hall–Kier alpha value is -0.930. The molecule has 1 aromatic rings. The van der Waals surface area contributed by atoms with Gasteiger partial charge in [0.15, 0.2) is 0 Å². The van der Waals surface area contributed by atoms with Crippen LogP contribution >= 0.6 is 23.4 Å². The highest BCUT2D eigenvalue weighted by Crippen LogP contribution is 2.10. The molecule has 0 heterocycles. The van der Waals surface area contributed by atoms with Gasteiger partial charge in [-0.2, -0.15) is 0 Å². The van der Waals surface area contributed by atoms with Gasteiger partial charge in [-0.05, 0) is 5.56 Å². The Bertz CT molecular complexity index is 353. The van der Waals surface area contributed by atoms with E-state index in [1.807, 2.05) is 30.3 Å². The second-order valence-corrected chi connectivity index (χ2v) is 4.79. The molecule has 1 rings (SSSR count). The predicted molar refractivity (Wildman–Crippen MR) is 70.6 cm³/mol. The molecule has 0 saturated heterocycles. The molecule has 0 aliphatic heterocycles. The van der Waals surface area contributed by atoms with Gasteiger partial charge in [-0.25, -0.2) is 0 Å². The zero-order valence-electron chi connectivity index (χ0n) is 8.91. The summed E-state index contributed by atoms with van der Waals surface area (Å²) in [5.74, 6) is 1.28. The first-order chi connectivity index (χ1) is 7.68. The Morgan fingerprint density at radius 1 is 1.38 bits per heavy atom. The van der Waals surface area contributed by atoms with Crippen LogP contribution in [-0.2, 0) is 10.5 Å². The SMILES string of the molecule is C=C(Cl)CNC(=O)CSCc1ccccc1. The van der Waals surface area contributed by atoms with E-state index in [2.05, 4.69) is 11.9 Å². The van der Waals surface area contributed by atoms with Crippen molar-refractivity contribution in [3.8, 4) is 0 Å². The van der Waals surface area contributed by atoms with Gasteiger partial charge in [0, 0.05) is 10.8 Å². The van der Waals surface area contributed by atoms with Crippen LogP contribution in [0.25, 0.3) is 0 Å². The number of nitrogens with one attached hydrogen (secondary N) is 1. The minimum Gasteiger partial charge on any atom is -0.350 e. The molecule has 0 atom stereocenters. The summed E-state index contributed by atoms with van der Waals surface area (Å²) in [4.78, 5) is 11.3. The Labute approximate surface area is 105 Å². The molecule has 0 spiro atoms. The van der Waals surface area contributed by atoms with E-state index in [-0.39, 0.29) is 5.91 Å². The van der Waals surface area contributed by atoms with Gasteiger partial charge in [0.05, 0.1) is 12.3 Å². The highest BCUT2D eigenvalue weighted by atomic mass is 35.5. The molecule has 0 bridgehead atoms. The van der Waals surface area contributed by atoms with E-state index in [9.17, 15) is 4.79 Å². The maximum absolute atomic E-state index is 11.3. The van der Waals surface area contributed by atoms with Crippen molar-refractivity contribution in [2.24, 2.45) is 0 Å². The van der Waals surface area contributed by atoms with Crippen molar-refractivity contribution in [3.63, 3.8) is 0 Å². The molecule has 1 aromatic carbocycles. The van der Waals surface area contributed by atoms with Gasteiger partial charge in [-0.15, -0.1) is 11.8 Å². The first kappa shape index (κ1) is 13.1. The zero-order valence-corrected chi connectivity index (χ0v) is 10.5. The lowest BCUT2D eigenvalue weighted by atomic mass is 10.2. The van der Waals surface area contributed by atoms with E-state index >= 15 is 0 Å². The molecule has 0 aliphatic carbocycles. The van der Waals surface area contributed by atoms with Gasteiger partial charge in [0.1, 0.15) is 0 Å². The fourth-order valence-electron chi connectivity index (χ4n) is 1.08. The number of benzene rings is 1. The first-order valence-electron chi connectivity index (χ1n) is 4.90. The summed E-state index contributed by atoms with van der Waals surface area (Å²) in [7, 11) is 0. The Kier molecular flexibility index (Phi) is 6.04. The summed E-state index contributed by atoms with van der Waals surface area (Å²) in [6.07, 6.45) is 0. The second kappa shape index (κ2) is 7.36. The number of carbonyl (C=O) groups excluding carboxylic acids is 1. The fourth-order valence-corrected chi connectivity index (χ4v) is 1.97. The lowest BCUT2D eigenvalue weighted by Gasteiger charge is -2.03.